The molecule has 0 radical (unpaired) electrons. The van der Waals surface area contributed by atoms with Crippen molar-refractivity contribution >= 4 is 35.3 Å². The Bertz CT molecular complexity index is 874. The number of benzene rings is 1. The number of methoxy groups -OCH3 is 2. The highest BCUT2D eigenvalue weighted by molar-refractivity contribution is 8.00. The molecule has 1 N–H and O–H groups in total. The molecule has 1 aromatic heterocycles. The molecule has 3 nitrogen and oxygen atoms in total. The fourth-order valence-electron chi connectivity index (χ4n) is 5.27. The van der Waals surface area contributed by atoms with Gasteiger partial charge in [0.25, 0.3) is 0 Å². The van der Waals surface area contributed by atoms with Gasteiger partial charge in [0.15, 0.2) is 15.5 Å². The van der Waals surface area contributed by atoms with Gasteiger partial charge >= 0.3 is 0 Å². The van der Waals surface area contributed by atoms with Gasteiger partial charge in [0.05, 0.1) is 19.2 Å². The van der Waals surface area contributed by atoms with Gasteiger partial charge in [-0.1, -0.05) is 6.07 Å². The number of rotatable bonds is 3. The summed E-state index contributed by atoms with van der Waals surface area (Å²) in [6, 6.07) is 6.44. The van der Waals surface area contributed by atoms with Crippen molar-refractivity contribution in [2.45, 2.75) is 35.5 Å². The molecule has 2 aliphatic carbocycles. The molecule has 3 aliphatic rings. The lowest BCUT2D eigenvalue weighted by Gasteiger charge is -2.40. The number of nitrogens with one attached hydrogen (secondary N) is 1. The number of hydrogen-bond acceptors (Lipinski definition) is 5. The standard InChI is InChI=1S/C19H21NO2S3/c1-21-12-6-5-10(8-13(12)22-2)15-14-9-3-4-11(7-9)16(14)24-18-17(15)25-19(23)20-18/h5-6,8-9,11,14-16H,3-4,7H2,1-2H3,(H,20,23). The predicted molar refractivity (Wildman–Crippen MR) is 105 cm³/mol. The van der Waals surface area contributed by atoms with Gasteiger partial charge in [-0.2, -0.15) is 0 Å². The van der Waals surface area contributed by atoms with Crippen molar-refractivity contribution < 1.29 is 9.47 Å². The molecular weight excluding hydrogens is 370 g/mol. The van der Waals surface area contributed by atoms with E-state index in [9.17, 15) is 0 Å². The number of H-pyrrole nitrogens is 1. The highest BCUT2D eigenvalue weighted by Crippen LogP contribution is 2.64. The van der Waals surface area contributed by atoms with Crippen LogP contribution in [-0.4, -0.2) is 24.5 Å². The van der Waals surface area contributed by atoms with E-state index in [1.807, 2.05) is 6.07 Å². The zero-order valence-corrected chi connectivity index (χ0v) is 16.7. The average molecular weight is 392 g/mol. The SMILES string of the molecule is COc1ccc(C2c3sc(=S)[nH]c3SC3C4CCC(C4)C23)cc1OC. The van der Waals surface area contributed by atoms with Crippen LogP contribution in [0.3, 0.4) is 0 Å². The van der Waals surface area contributed by atoms with Crippen LogP contribution in [0.25, 0.3) is 0 Å². The first kappa shape index (κ1) is 16.2. The smallest absolute Gasteiger partial charge is 0.161 e. The molecule has 2 heterocycles. The highest BCUT2D eigenvalue weighted by atomic mass is 32.2. The monoisotopic (exact) mass is 391 g/mol. The molecule has 1 aliphatic heterocycles. The van der Waals surface area contributed by atoms with Gasteiger partial charge < -0.3 is 14.5 Å². The van der Waals surface area contributed by atoms with Crippen LogP contribution in [0.1, 0.15) is 35.6 Å². The zero-order valence-electron chi connectivity index (χ0n) is 14.3. The Kier molecular flexibility index (Phi) is 3.91. The van der Waals surface area contributed by atoms with E-state index in [1.54, 1.807) is 25.6 Å². The summed E-state index contributed by atoms with van der Waals surface area (Å²) in [6.07, 6.45) is 4.20. The van der Waals surface area contributed by atoms with Crippen molar-refractivity contribution in [3.8, 4) is 11.5 Å². The van der Waals surface area contributed by atoms with E-state index in [2.05, 4.69) is 28.9 Å². The molecule has 0 spiro atoms. The first-order chi connectivity index (χ1) is 12.2. The first-order valence-electron chi connectivity index (χ1n) is 8.81. The highest BCUT2D eigenvalue weighted by Gasteiger charge is 2.54. The van der Waals surface area contributed by atoms with Gasteiger partial charge in [0, 0.05) is 16.0 Å². The summed E-state index contributed by atoms with van der Waals surface area (Å²) in [5, 5.41) is 2.04. The van der Waals surface area contributed by atoms with Gasteiger partial charge in [0.2, 0.25) is 0 Å². The maximum Gasteiger partial charge on any atom is 0.161 e. The minimum absolute atomic E-state index is 0.425. The third kappa shape index (κ3) is 2.41. The van der Waals surface area contributed by atoms with E-state index in [1.165, 1.54) is 34.7 Å². The number of ether oxygens (including phenoxy) is 2. The summed E-state index contributed by atoms with van der Waals surface area (Å²) in [5.41, 5.74) is 1.34. The quantitative estimate of drug-likeness (QED) is 0.703. The maximum absolute atomic E-state index is 5.58. The van der Waals surface area contributed by atoms with E-state index >= 15 is 0 Å². The summed E-state index contributed by atoms with van der Waals surface area (Å²) in [6.45, 7) is 0. The Balaban J connectivity index is 1.66. The average Bonchev–Trinajstić information content (AvgIpc) is 3.32. The van der Waals surface area contributed by atoms with Gasteiger partial charge in [0.1, 0.15) is 0 Å². The van der Waals surface area contributed by atoms with Gasteiger partial charge in [-0.25, -0.2) is 0 Å². The van der Waals surface area contributed by atoms with Crippen molar-refractivity contribution in [3.63, 3.8) is 0 Å². The van der Waals surface area contributed by atoms with Crippen LogP contribution in [-0.2, 0) is 0 Å². The Morgan fingerprint density at radius 2 is 1.92 bits per heavy atom. The number of aromatic amines is 1. The number of hydrogen-bond donors (Lipinski definition) is 1. The van der Waals surface area contributed by atoms with Crippen molar-refractivity contribution in [2.24, 2.45) is 17.8 Å². The Hall–Kier alpha value is -0.980. The van der Waals surface area contributed by atoms with Crippen LogP contribution in [0.5, 0.6) is 11.5 Å². The Morgan fingerprint density at radius 3 is 2.72 bits per heavy atom. The second-order valence-electron chi connectivity index (χ2n) is 7.29. The number of thioether (sulfide) groups is 1. The molecule has 0 saturated heterocycles. The van der Waals surface area contributed by atoms with E-state index in [4.69, 9.17) is 21.7 Å². The lowest BCUT2D eigenvalue weighted by molar-refractivity contribution is 0.306. The van der Waals surface area contributed by atoms with Crippen LogP contribution in [0, 0.1) is 21.7 Å². The molecule has 25 heavy (non-hydrogen) atoms. The van der Waals surface area contributed by atoms with E-state index < -0.39 is 0 Å². The normalized spacial score (nSPS) is 32.3. The number of aromatic nitrogens is 1. The molecule has 6 heteroatoms. The van der Waals surface area contributed by atoms with Crippen molar-refractivity contribution in [3.05, 3.63) is 32.6 Å². The maximum atomic E-state index is 5.58. The minimum atomic E-state index is 0.425. The molecular formula is C19H21NO2S3. The van der Waals surface area contributed by atoms with Crippen molar-refractivity contribution in [1.29, 1.82) is 0 Å². The molecule has 2 bridgehead atoms. The lowest BCUT2D eigenvalue weighted by atomic mass is 9.75. The topological polar surface area (TPSA) is 34.2 Å². The molecule has 5 unspecified atom stereocenters. The molecule has 2 fully saturated rings. The van der Waals surface area contributed by atoms with E-state index in [0.717, 1.165) is 38.5 Å². The van der Waals surface area contributed by atoms with Crippen molar-refractivity contribution in [2.75, 3.05) is 14.2 Å². The molecule has 1 aromatic carbocycles. The summed E-state index contributed by atoms with van der Waals surface area (Å²) in [5.74, 6) is 4.48. The summed E-state index contributed by atoms with van der Waals surface area (Å²) < 4.78 is 11.9. The minimum Gasteiger partial charge on any atom is -0.493 e. The molecule has 2 aromatic rings. The molecule has 0 amide bonds. The first-order valence-corrected chi connectivity index (χ1v) is 10.9. The fraction of sp³-hybridized carbons (Fsp3) is 0.526. The van der Waals surface area contributed by atoms with Crippen LogP contribution in [0.4, 0.5) is 0 Å². The molecule has 2 saturated carbocycles. The van der Waals surface area contributed by atoms with Gasteiger partial charge in [-0.15, -0.1) is 23.1 Å². The van der Waals surface area contributed by atoms with Gasteiger partial charge in [-0.05, 0) is 66.9 Å². The Labute approximate surface area is 161 Å². The summed E-state index contributed by atoms with van der Waals surface area (Å²) >= 11 is 9.30. The fourth-order valence-corrected chi connectivity index (χ4v) is 8.61. The zero-order chi connectivity index (χ0) is 17.1. The number of fused-ring (bicyclic) bond motifs is 6. The third-order valence-corrected chi connectivity index (χ3v) is 9.21. The largest absolute Gasteiger partial charge is 0.493 e. The predicted octanol–water partition coefficient (Wildman–Crippen LogP) is 5.48. The molecule has 5 atom stereocenters. The summed E-state index contributed by atoms with van der Waals surface area (Å²) in [4.78, 5) is 4.89. The van der Waals surface area contributed by atoms with Crippen LogP contribution < -0.4 is 9.47 Å². The molecule has 132 valence electrons. The van der Waals surface area contributed by atoms with E-state index in [-0.39, 0.29) is 0 Å². The second kappa shape index (κ2) is 6.03. The van der Waals surface area contributed by atoms with Crippen LogP contribution in [0.15, 0.2) is 23.2 Å². The van der Waals surface area contributed by atoms with Crippen LogP contribution in [0.2, 0.25) is 0 Å². The lowest BCUT2D eigenvalue weighted by Crippen LogP contribution is -2.33. The second-order valence-corrected chi connectivity index (χ2v) is 10.2. The Morgan fingerprint density at radius 1 is 1.12 bits per heavy atom. The van der Waals surface area contributed by atoms with Crippen molar-refractivity contribution in [1.82, 2.24) is 4.98 Å². The number of thiazole rings is 1. The van der Waals surface area contributed by atoms with Crippen LogP contribution >= 0.6 is 35.3 Å². The molecule has 5 rings (SSSR count). The van der Waals surface area contributed by atoms with Gasteiger partial charge in [-0.3, -0.25) is 0 Å². The van der Waals surface area contributed by atoms with E-state index in [0.29, 0.717) is 5.92 Å². The third-order valence-electron chi connectivity index (χ3n) is 6.23. The summed E-state index contributed by atoms with van der Waals surface area (Å²) in [7, 11) is 3.40.